The van der Waals surface area contributed by atoms with E-state index in [1.807, 2.05) is 0 Å². The molecule has 1 heterocycles. The van der Waals surface area contributed by atoms with Crippen LogP contribution in [0.4, 0.5) is 0 Å². The Kier molecular flexibility index (Phi) is 6.02. The standard InChI is InChI=1S/C50H30O/c1-2-14-31(15-3-1)43-30-44-36(34-18-6-7-19-35(34)43)24-12-25-41(44)47-37-20-8-10-22-39(37)48(40-23-11-9-21-38(40)47)42-26-13-27-45-50(42)49-33-17-5-4-16-32(33)28-29-46(49)51-45/h1-30H. The van der Waals surface area contributed by atoms with Crippen molar-refractivity contribution in [2.24, 2.45) is 0 Å². The molecule has 0 aliphatic heterocycles. The minimum Gasteiger partial charge on any atom is -0.456 e. The van der Waals surface area contributed by atoms with Crippen molar-refractivity contribution < 1.29 is 4.42 Å². The van der Waals surface area contributed by atoms with Crippen LogP contribution in [0.5, 0.6) is 0 Å². The molecular formula is C50H30O. The lowest BCUT2D eigenvalue weighted by Crippen LogP contribution is -1.93. The fourth-order valence-corrected chi connectivity index (χ4v) is 8.71. The van der Waals surface area contributed by atoms with E-state index in [4.69, 9.17) is 4.42 Å². The number of fused-ring (bicyclic) bond motifs is 10. The summed E-state index contributed by atoms with van der Waals surface area (Å²) in [4.78, 5) is 0. The highest BCUT2D eigenvalue weighted by molar-refractivity contribution is 6.30. The largest absolute Gasteiger partial charge is 0.456 e. The lowest BCUT2D eigenvalue weighted by atomic mass is 9.83. The van der Waals surface area contributed by atoms with Gasteiger partial charge in [-0.3, -0.25) is 0 Å². The van der Waals surface area contributed by atoms with Crippen molar-refractivity contribution >= 4 is 75.8 Å². The first-order chi connectivity index (χ1) is 25.3. The molecular weight excluding hydrogens is 617 g/mol. The van der Waals surface area contributed by atoms with Crippen molar-refractivity contribution in [2.75, 3.05) is 0 Å². The van der Waals surface area contributed by atoms with Crippen molar-refractivity contribution in [1.82, 2.24) is 0 Å². The molecule has 1 nitrogen and oxygen atoms in total. The molecule has 0 aliphatic carbocycles. The lowest BCUT2D eigenvalue weighted by Gasteiger charge is -2.20. The number of benzene rings is 10. The van der Waals surface area contributed by atoms with Gasteiger partial charge in [0.25, 0.3) is 0 Å². The van der Waals surface area contributed by atoms with Crippen molar-refractivity contribution in [3.63, 3.8) is 0 Å². The van der Waals surface area contributed by atoms with Gasteiger partial charge in [0.05, 0.1) is 0 Å². The van der Waals surface area contributed by atoms with E-state index in [0.717, 1.165) is 16.6 Å². The molecule has 0 amide bonds. The zero-order valence-corrected chi connectivity index (χ0v) is 27.7. The van der Waals surface area contributed by atoms with Crippen molar-refractivity contribution in [1.29, 1.82) is 0 Å². The summed E-state index contributed by atoms with van der Waals surface area (Å²) < 4.78 is 6.57. The maximum absolute atomic E-state index is 6.57. The summed E-state index contributed by atoms with van der Waals surface area (Å²) in [7, 11) is 0. The lowest BCUT2D eigenvalue weighted by molar-refractivity contribution is 0.669. The van der Waals surface area contributed by atoms with Crippen molar-refractivity contribution in [3.05, 3.63) is 182 Å². The summed E-state index contributed by atoms with van der Waals surface area (Å²) in [5.41, 5.74) is 9.24. The molecule has 0 saturated carbocycles. The fourth-order valence-electron chi connectivity index (χ4n) is 8.71. The maximum atomic E-state index is 6.57. The molecule has 0 unspecified atom stereocenters. The van der Waals surface area contributed by atoms with Crippen LogP contribution < -0.4 is 0 Å². The van der Waals surface area contributed by atoms with E-state index < -0.39 is 0 Å². The summed E-state index contributed by atoms with van der Waals surface area (Å²) in [6, 6.07) is 66.3. The molecule has 0 spiro atoms. The molecule has 10 aromatic carbocycles. The Hall–Kier alpha value is -6.70. The first kappa shape index (κ1) is 28.2. The second kappa shape index (κ2) is 10.9. The summed E-state index contributed by atoms with van der Waals surface area (Å²) in [6.45, 7) is 0. The second-order valence-electron chi connectivity index (χ2n) is 13.5. The summed E-state index contributed by atoms with van der Waals surface area (Å²) >= 11 is 0. The first-order valence-electron chi connectivity index (χ1n) is 17.6. The normalized spacial score (nSPS) is 11.9. The predicted octanol–water partition coefficient (Wildman–Crippen LogP) is 14.4. The predicted molar refractivity (Wildman–Crippen MR) is 218 cm³/mol. The topological polar surface area (TPSA) is 13.1 Å². The van der Waals surface area contributed by atoms with Gasteiger partial charge in [-0.25, -0.2) is 0 Å². The molecule has 236 valence electrons. The molecule has 51 heavy (non-hydrogen) atoms. The van der Waals surface area contributed by atoms with Gasteiger partial charge in [-0.15, -0.1) is 0 Å². The highest BCUT2D eigenvalue weighted by atomic mass is 16.3. The van der Waals surface area contributed by atoms with Crippen LogP contribution in [-0.2, 0) is 0 Å². The van der Waals surface area contributed by atoms with E-state index in [1.54, 1.807) is 0 Å². The quantitative estimate of drug-likeness (QED) is 0.138. The average molecular weight is 647 g/mol. The molecule has 1 aromatic heterocycles. The SMILES string of the molecule is c1ccc(-c2cc3c(-c4c5ccccc5c(-c5cccc6oc7ccc8ccccc8c7c56)c5ccccc45)cccc3c3ccccc23)cc1. The summed E-state index contributed by atoms with van der Waals surface area (Å²) in [5.74, 6) is 0. The molecule has 0 fully saturated rings. The number of rotatable bonds is 3. The van der Waals surface area contributed by atoms with Gasteiger partial charge in [-0.05, 0) is 105 Å². The Bertz CT molecular complexity index is 3130. The van der Waals surface area contributed by atoms with E-state index in [1.165, 1.54) is 92.6 Å². The van der Waals surface area contributed by atoms with Crippen LogP contribution in [0.2, 0.25) is 0 Å². The van der Waals surface area contributed by atoms with Gasteiger partial charge in [0.15, 0.2) is 0 Å². The van der Waals surface area contributed by atoms with Gasteiger partial charge in [0.2, 0.25) is 0 Å². The molecule has 0 bridgehead atoms. The third kappa shape index (κ3) is 4.09. The Labute approximate surface area is 294 Å². The van der Waals surface area contributed by atoms with Crippen LogP contribution in [0.25, 0.3) is 109 Å². The van der Waals surface area contributed by atoms with Crippen LogP contribution in [-0.4, -0.2) is 0 Å². The molecule has 0 atom stereocenters. The molecule has 0 saturated heterocycles. The molecule has 1 heteroatoms. The van der Waals surface area contributed by atoms with Gasteiger partial charge in [-0.1, -0.05) is 164 Å². The molecule has 11 rings (SSSR count). The van der Waals surface area contributed by atoms with E-state index in [0.29, 0.717) is 0 Å². The highest BCUT2D eigenvalue weighted by Gasteiger charge is 2.22. The zero-order chi connectivity index (χ0) is 33.5. The van der Waals surface area contributed by atoms with Crippen molar-refractivity contribution in [3.8, 4) is 33.4 Å². The molecule has 0 aliphatic rings. The minimum atomic E-state index is 0.908. The van der Waals surface area contributed by atoms with Gasteiger partial charge < -0.3 is 4.42 Å². The van der Waals surface area contributed by atoms with E-state index in [-0.39, 0.29) is 0 Å². The van der Waals surface area contributed by atoms with Gasteiger partial charge in [0.1, 0.15) is 11.2 Å². The van der Waals surface area contributed by atoms with E-state index in [2.05, 4.69) is 182 Å². The van der Waals surface area contributed by atoms with Gasteiger partial charge in [-0.2, -0.15) is 0 Å². The average Bonchev–Trinajstić information content (AvgIpc) is 3.60. The maximum Gasteiger partial charge on any atom is 0.136 e. The number of hydrogen-bond donors (Lipinski definition) is 0. The fraction of sp³-hybridized carbons (Fsp3) is 0. The number of furan rings is 1. The second-order valence-corrected chi connectivity index (χ2v) is 13.5. The van der Waals surface area contributed by atoms with Crippen LogP contribution in [0.3, 0.4) is 0 Å². The van der Waals surface area contributed by atoms with E-state index in [9.17, 15) is 0 Å². The zero-order valence-electron chi connectivity index (χ0n) is 27.7. The Balaban J connectivity index is 1.29. The van der Waals surface area contributed by atoms with E-state index >= 15 is 0 Å². The Morgan fingerprint density at radius 2 is 0.784 bits per heavy atom. The third-order valence-corrected chi connectivity index (χ3v) is 10.8. The molecule has 0 radical (unpaired) electrons. The third-order valence-electron chi connectivity index (χ3n) is 10.8. The Morgan fingerprint density at radius 3 is 1.51 bits per heavy atom. The summed E-state index contributed by atoms with van der Waals surface area (Å²) in [6.07, 6.45) is 0. The van der Waals surface area contributed by atoms with Crippen LogP contribution >= 0.6 is 0 Å². The van der Waals surface area contributed by atoms with Crippen LogP contribution in [0.15, 0.2) is 186 Å². The smallest absolute Gasteiger partial charge is 0.136 e. The van der Waals surface area contributed by atoms with Gasteiger partial charge >= 0.3 is 0 Å². The molecule has 11 aromatic rings. The highest BCUT2D eigenvalue weighted by Crippen LogP contribution is 2.49. The Morgan fingerprint density at radius 1 is 0.275 bits per heavy atom. The number of hydrogen-bond acceptors (Lipinski definition) is 1. The minimum absolute atomic E-state index is 0.908. The first-order valence-corrected chi connectivity index (χ1v) is 17.6. The van der Waals surface area contributed by atoms with Crippen LogP contribution in [0, 0.1) is 0 Å². The monoisotopic (exact) mass is 646 g/mol. The van der Waals surface area contributed by atoms with Gasteiger partial charge in [0, 0.05) is 10.8 Å². The van der Waals surface area contributed by atoms with Crippen molar-refractivity contribution in [2.45, 2.75) is 0 Å². The summed E-state index contributed by atoms with van der Waals surface area (Å²) in [5, 5.41) is 14.8. The molecule has 0 N–H and O–H groups in total. The van der Waals surface area contributed by atoms with Crippen LogP contribution in [0.1, 0.15) is 0 Å².